The Bertz CT molecular complexity index is 914. The first-order valence-corrected chi connectivity index (χ1v) is 9.54. The van der Waals surface area contributed by atoms with Gasteiger partial charge in [-0.05, 0) is 48.2 Å². The SMILES string of the molecule is CC(C)[C@H](N)C(=O)NCC(=O)Nc1ccc2c(c1)CCN2C(=O)c1cccnc1. The van der Waals surface area contributed by atoms with Crippen LogP contribution >= 0.6 is 0 Å². The fraction of sp³-hybridized carbons (Fsp3) is 0.333. The summed E-state index contributed by atoms with van der Waals surface area (Å²) in [6, 6.07) is 8.24. The largest absolute Gasteiger partial charge is 0.346 e. The van der Waals surface area contributed by atoms with Crippen molar-refractivity contribution in [1.29, 1.82) is 0 Å². The molecule has 0 aliphatic carbocycles. The molecule has 8 nitrogen and oxygen atoms in total. The summed E-state index contributed by atoms with van der Waals surface area (Å²) >= 11 is 0. The molecule has 2 aromatic rings. The van der Waals surface area contributed by atoms with Gasteiger partial charge in [-0.15, -0.1) is 0 Å². The normalized spacial score (nSPS) is 13.7. The summed E-state index contributed by atoms with van der Waals surface area (Å²) in [5, 5.41) is 5.30. The number of aromatic nitrogens is 1. The summed E-state index contributed by atoms with van der Waals surface area (Å²) in [7, 11) is 0. The lowest BCUT2D eigenvalue weighted by atomic mass is 10.1. The number of benzene rings is 1. The topological polar surface area (TPSA) is 117 Å². The number of nitrogens with zero attached hydrogens (tertiary/aromatic N) is 2. The average molecular weight is 395 g/mol. The summed E-state index contributed by atoms with van der Waals surface area (Å²) in [6.07, 6.45) is 3.88. The molecule has 29 heavy (non-hydrogen) atoms. The van der Waals surface area contributed by atoms with Crippen LogP contribution in [0.15, 0.2) is 42.7 Å². The first-order chi connectivity index (χ1) is 13.9. The van der Waals surface area contributed by atoms with E-state index in [4.69, 9.17) is 5.73 Å². The molecule has 2 heterocycles. The van der Waals surface area contributed by atoms with Crippen LogP contribution in [0, 0.1) is 5.92 Å². The highest BCUT2D eigenvalue weighted by Gasteiger charge is 2.26. The number of hydrogen-bond donors (Lipinski definition) is 3. The lowest BCUT2D eigenvalue weighted by Crippen LogP contribution is -2.46. The van der Waals surface area contributed by atoms with Gasteiger partial charge in [0.05, 0.1) is 18.2 Å². The third-order valence-corrected chi connectivity index (χ3v) is 4.86. The maximum Gasteiger partial charge on any atom is 0.259 e. The van der Waals surface area contributed by atoms with Crippen LogP contribution in [0.3, 0.4) is 0 Å². The van der Waals surface area contributed by atoms with Crippen molar-refractivity contribution in [3.8, 4) is 0 Å². The number of amides is 3. The number of carbonyl (C=O) groups excluding carboxylic acids is 3. The molecule has 1 aliphatic rings. The third-order valence-electron chi connectivity index (χ3n) is 4.86. The van der Waals surface area contributed by atoms with Gasteiger partial charge >= 0.3 is 0 Å². The van der Waals surface area contributed by atoms with E-state index in [0.29, 0.717) is 24.2 Å². The molecular formula is C21H25N5O3. The number of pyridine rings is 1. The lowest BCUT2D eigenvalue weighted by Gasteiger charge is -2.17. The highest BCUT2D eigenvalue weighted by atomic mass is 16.2. The summed E-state index contributed by atoms with van der Waals surface area (Å²) in [6.45, 7) is 4.11. The highest BCUT2D eigenvalue weighted by molar-refractivity contribution is 6.07. The van der Waals surface area contributed by atoms with Crippen LogP contribution in [-0.4, -0.2) is 41.8 Å². The predicted molar refractivity (Wildman–Crippen MR) is 111 cm³/mol. The smallest absolute Gasteiger partial charge is 0.259 e. The number of anilines is 2. The molecular weight excluding hydrogens is 370 g/mol. The van der Waals surface area contributed by atoms with E-state index in [9.17, 15) is 14.4 Å². The summed E-state index contributed by atoms with van der Waals surface area (Å²) < 4.78 is 0. The molecule has 0 fully saturated rings. The standard InChI is InChI=1S/C21H25N5O3/c1-13(2)19(22)20(28)24-12-18(27)25-16-5-6-17-14(10-16)7-9-26(17)21(29)15-4-3-8-23-11-15/h3-6,8,10-11,13,19H,7,9,12,22H2,1-2H3,(H,24,28)(H,25,27)/t19-/m0/s1. The molecule has 1 atom stereocenters. The average Bonchev–Trinajstić information content (AvgIpc) is 3.14. The van der Waals surface area contributed by atoms with Crippen LogP contribution < -0.4 is 21.3 Å². The molecule has 1 aromatic heterocycles. The van der Waals surface area contributed by atoms with Crippen molar-refractivity contribution in [3.63, 3.8) is 0 Å². The number of nitrogens with one attached hydrogen (secondary N) is 2. The molecule has 1 aromatic carbocycles. The molecule has 3 amide bonds. The van der Waals surface area contributed by atoms with Crippen molar-refractivity contribution in [3.05, 3.63) is 53.9 Å². The van der Waals surface area contributed by atoms with Gasteiger partial charge in [-0.25, -0.2) is 0 Å². The maximum absolute atomic E-state index is 12.7. The van der Waals surface area contributed by atoms with E-state index in [-0.39, 0.29) is 30.2 Å². The van der Waals surface area contributed by atoms with Crippen molar-refractivity contribution in [2.75, 3.05) is 23.3 Å². The molecule has 0 bridgehead atoms. The lowest BCUT2D eigenvalue weighted by molar-refractivity contribution is -0.125. The predicted octanol–water partition coefficient (Wildman–Crippen LogP) is 1.32. The minimum absolute atomic E-state index is 0.00732. The van der Waals surface area contributed by atoms with Crippen LogP contribution in [0.4, 0.5) is 11.4 Å². The number of hydrogen-bond acceptors (Lipinski definition) is 5. The van der Waals surface area contributed by atoms with Crippen LogP contribution in [-0.2, 0) is 16.0 Å². The van der Waals surface area contributed by atoms with E-state index < -0.39 is 6.04 Å². The van der Waals surface area contributed by atoms with Crippen LogP contribution in [0.5, 0.6) is 0 Å². The van der Waals surface area contributed by atoms with Crippen molar-refractivity contribution in [1.82, 2.24) is 10.3 Å². The van der Waals surface area contributed by atoms with Crippen LogP contribution in [0.25, 0.3) is 0 Å². The van der Waals surface area contributed by atoms with E-state index >= 15 is 0 Å². The maximum atomic E-state index is 12.7. The summed E-state index contributed by atoms with van der Waals surface area (Å²) in [5.74, 6) is -0.797. The Morgan fingerprint density at radius 1 is 1.24 bits per heavy atom. The number of rotatable bonds is 6. The van der Waals surface area contributed by atoms with Gasteiger partial charge < -0.3 is 21.3 Å². The van der Waals surface area contributed by atoms with Gasteiger partial charge in [-0.3, -0.25) is 19.4 Å². The molecule has 0 unspecified atom stereocenters. The van der Waals surface area contributed by atoms with E-state index in [0.717, 1.165) is 11.3 Å². The number of fused-ring (bicyclic) bond motifs is 1. The minimum Gasteiger partial charge on any atom is -0.346 e. The van der Waals surface area contributed by atoms with E-state index in [1.165, 1.54) is 0 Å². The minimum atomic E-state index is -0.647. The highest BCUT2D eigenvalue weighted by Crippen LogP contribution is 2.31. The van der Waals surface area contributed by atoms with Gasteiger partial charge in [-0.2, -0.15) is 0 Å². The fourth-order valence-corrected chi connectivity index (χ4v) is 3.13. The first-order valence-electron chi connectivity index (χ1n) is 9.54. The second kappa shape index (κ2) is 8.83. The van der Waals surface area contributed by atoms with Crippen LogP contribution in [0.2, 0.25) is 0 Å². The van der Waals surface area contributed by atoms with Gasteiger partial charge in [0, 0.05) is 30.3 Å². The molecule has 8 heteroatoms. The quantitative estimate of drug-likeness (QED) is 0.682. The molecule has 152 valence electrons. The van der Waals surface area contributed by atoms with Crippen molar-refractivity contribution >= 4 is 29.1 Å². The molecule has 0 saturated heterocycles. The Morgan fingerprint density at radius 2 is 2.03 bits per heavy atom. The van der Waals surface area contributed by atoms with Gasteiger partial charge in [0.25, 0.3) is 5.91 Å². The van der Waals surface area contributed by atoms with E-state index in [1.54, 1.807) is 35.5 Å². The molecule has 1 aliphatic heterocycles. The molecule has 4 N–H and O–H groups in total. The van der Waals surface area contributed by atoms with Crippen molar-refractivity contribution < 1.29 is 14.4 Å². The van der Waals surface area contributed by atoms with Gasteiger partial charge in [-0.1, -0.05) is 13.8 Å². The van der Waals surface area contributed by atoms with Gasteiger partial charge in [0.15, 0.2) is 0 Å². The van der Waals surface area contributed by atoms with Crippen molar-refractivity contribution in [2.24, 2.45) is 11.7 Å². The Hall–Kier alpha value is -3.26. The number of nitrogens with two attached hydrogens (primary N) is 1. The fourth-order valence-electron chi connectivity index (χ4n) is 3.13. The zero-order valence-electron chi connectivity index (χ0n) is 16.5. The Morgan fingerprint density at radius 3 is 2.72 bits per heavy atom. The van der Waals surface area contributed by atoms with E-state index in [2.05, 4.69) is 15.6 Å². The zero-order valence-corrected chi connectivity index (χ0v) is 16.5. The second-order valence-corrected chi connectivity index (χ2v) is 7.33. The second-order valence-electron chi connectivity index (χ2n) is 7.33. The van der Waals surface area contributed by atoms with Crippen molar-refractivity contribution in [2.45, 2.75) is 26.3 Å². The van der Waals surface area contributed by atoms with E-state index in [1.807, 2.05) is 26.0 Å². The van der Waals surface area contributed by atoms with Crippen LogP contribution in [0.1, 0.15) is 29.8 Å². The first kappa shape index (κ1) is 20.5. The number of carbonyl (C=O) groups is 3. The summed E-state index contributed by atoms with van der Waals surface area (Å²) in [5.41, 5.74) is 8.72. The Labute approximate surface area is 169 Å². The molecule has 0 spiro atoms. The third kappa shape index (κ3) is 4.78. The van der Waals surface area contributed by atoms with Gasteiger partial charge in [0.1, 0.15) is 0 Å². The van der Waals surface area contributed by atoms with Gasteiger partial charge in [0.2, 0.25) is 11.8 Å². The summed E-state index contributed by atoms with van der Waals surface area (Å²) in [4.78, 5) is 42.4. The Balaban J connectivity index is 1.61. The zero-order chi connectivity index (χ0) is 21.0. The molecule has 0 radical (unpaired) electrons. The molecule has 3 rings (SSSR count). The monoisotopic (exact) mass is 395 g/mol. The molecule has 0 saturated carbocycles. The Kier molecular flexibility index (Phi) is 6.23.